The van der Waals surface area contributed by atoms with Crippen LogP contribution in [0.3, 0.4) is 0 Å². The molecule has 3 rings (SSSR count). The zero-order valence-electron chi connectivity index (χ0n) is 12.7. The van der Waals surface area contributed by atoms with Gasteiger partial charge >= 0.3 is 0 Å². The van der Waals surface area contributed by atoms with Gasteiger partial charge in [0.1, 0.15) is 17.1 Å². The predicted molar refractivity (Wildman–Crippen MR) is 80.0 cm³/mol. The van der Waals surface area contributed by atoms with Crippen molar-refractivity contribution in [3.8, 4) is 0 Å². The number of aliphatic hydroxyl groups is 1. The van der Waals surface area contributed by atoms with E-state index in [1.165, 1.54) is 0 Å². The van der Waals surface area contributed by atoms with Crippen LogP contribution in [0.4, 0.5) is 0 Å². The van der Waals surface area contributed by atoms with Gasteiger partial charge in [-0.05, 0) is 32.4 Å². The van der Waals surface area contributed by atoms with E-state index in [9.17, 15) is 9.90 Å². The van der Waals surface area contributed by atoms with Crippen molar-refractivity contribution in [2.45, 2.75) is 38.5 Å². The van der Waals surface area contributed by atoms with Gasteiger partial charge in [-0.15, -0.1) is 0 Å². The number of epoxide rings is 1. The lowest BCUT2D eigenvalue weighted by molar-refractivity contribution is -0.131. The zero-order valence-corrected chi connectivity index (χ0v) is 12.7. The molecule has 6 heteroatoms. The molecule has 0 aliphatic carbocycles. The van der Waals surface area contributed by atoms with Crippen LogP contribution in [0.1, 0.15) is 26.0 Å². The Balaban J connectivity index is 1.75. The number of carbonyl (C=O) groups is 1. The summed E-state index contributed by atoms with van der Waals surface area (Å²) in [6.45, 7) is 3.78. The van der Waals surface area contributed by atoms with Gasteiger partial charge in [0.2, 0.25) is 5.91 Å². The summed E-state index contributed by atoms with van der Waals surface area (Å²) in [7, 11) is 0. The summed E-state index contributed by atoms with van der Waals surface area (Å²) >= 11 is 0. The van der Waals surface area contributed by atoms with Crippen molar-refractivity contribution in [1.82, 2.24) is 10.3 Å². The molecule has 0 bridgehead atoms. The van der Waals surface area contributed by atoms with Gasteiger partial charge in [0.25, 0.3) is 0 Å². The molecular weight excluding hydrogens is 284 g/mol. The molecule has 3 heterocycles. The summed E-state index contributed by atoms with van der Waals surface area (Å²) in [5.74, 6) is 0.244. The highest BCUT2D eigenvalue weighted by atomic mass is 16.6. The Morgan fingerprint density at radius 3 is 3.00 bits per heavy atom. The summed E-state index contributed by atoms with van der Waals surface area (Å²) in [4.78, 5) is 16.4. The molecular formula is C16H20N2O4. The van der Waals surface area contributed by atoms with Gasteiger partial charge in [0.05, 0.1) is 12.7 Å². The van der Waals surface area contributed by atoms with Crippen molar-refractivity contribution in [1.29, 1.82) is 0 Å². The number of furan rings is 1. The minimum Gasteiger partial charge on any atom is -0.461 e. The van der Waals surface area contributed by atoms with Gasteiger partial charge in [-0.25, -0.2) is 0 Å². The molecule has 22 heavy (non-hydrogen) atoms. The van der Waals surface area contributed by atoms with Crippen LogP contribution < -0.4 is 5.32 Å². The molecule has 118 valence electrons. The number of pyridine rings is 1. The first-order valence-electron chi connectivity index (χ1n) is 7.39. The molecule has 0 spiro atoms. The maximum absolute atomic E-state index is 12.4. The smallest absolute Gasteiger partial charge is 0.225 e. The third kappa shape index (κ3) is 3.84. The molecule has 0 saturated carbocycles. The molecule has 2 atom stereocenters. The highest BCUT2D eigenvalue weighted by molar-refractivity contribution is 5.80. The van der Waals surface area contributed by atoms with Crippen LogP contribution in [0.2, 0.25) is 0 Å². The van der Waals surface area contributed by atoms with Gasteiger partial charge in [0, 0.05) is 30.1 Å². The van der Waals surface area contributed by atoms with E-state index in [1.54, 1.807) is 32.3 Å². The lowest BCUT2D eigenvalue weighted by Crippen LogP contribution is -2.46. The zero-order chi connectivity index (χ0) is 15.7. The van der Waals surface area contributed by atoms with E-state index in [-0.39, 0.29) is 17.9 Å². The molecule has 1 aliphatic heterocycles. The van der Waals surface area contributed by atoms with Crippen LogP contribution in [0.5, 0.6) is 0 Å². The third-order valence-electron chi connectivity index (χ3n) is 3.56. The van der Waals surface area contributed by atoms with E-state index >= 15 is 0 Å². The van der Waals surface area contributed by atoms with Crippen LogP contribution in [0, 0.1) is 5.92 Å². The average molecular weight is 304 g/mol. The first-order chi connectivity index (χ1) is 10.4. The van der Waals surface area contributed by atoms with Gasteiger partial charge in [0.15, 0.2) is 0 Å². The van der Waals surface area contributed by atoms with Crippen LogP contribution in [0.25, 0.3) is 11.0 Å². The van der Waals surface area contributed by atoms with Crippen molar-refractivity contribution >= 4 is 16.9 Å². The minimum absolute atomic E-state index is 0.128. The highest BCUT2D eigenvalue weighted by Crippen LogP contribution is 2.26. The summed E-state index contributed by atoms with van der Waals surface area (Å²) in [6.07, 6.45) is 4.63. The molecule has 1 saturated heterocycles. The molecule has 0 radical (unpaired) electrons. The second-order valence-corrected chi connectivity index (χ2v) is 6.27. The highest BCUT2D eigenvalue weighted by Gasteiger charge is 2.32. The van der Waals surface area contributed by atoms with Gasteiger partial charge < -0.3 is 19.6 Å². The maximum Gasteiger partial charge on any atom is 0.225 e. The second kappa shape index (κ2) is 5.70. The number of hydrogen-bond acceptors (Lipinski definition) is 5. The molecule has 0 aromatic carbocycles. The topological polar surface area (TPSA) is 87.9 Å². The Bertz CT molecular complexity index is 637. The molecule has 1 amide bonds. The van der Waals surface area contributed by atoms with E-state index in [4.69, 9.17) is 9.15 Å². The number of aromatic nitrogens is 1. The molecule has 2 aromatic heterocycles. The van der Waals surface area contributed by atoms with Crippen LogP contribution in [0.15, 0.2) is 28.9 Å². The lowest BCUT2D eigenvalue weighted by atomic mass is 9.96. The van der Waals surface area contributed by atoms with E-state index in [2.05, 4.69) is 10.3 Å². The first kappa shape index (κ1) is 15.0. The van der Waals surface area contributed by atoms with E-state index in [0.717, 1.165) is 16.7 Å². The van der Waals surface area contributed by atoms with Gasteiger partial charge in [-0.1, -0.05) is 0 Å². The largest absolute Gasteiger partial charge is 0.461 e. The van der Waals surface area contributed by atoms with E-state index < -0.39 is 5.72 Å². The average Bonchev–Trinajstić information content (AvgIpc) is 3.13. The number of carbonyl (C=O) groups excluding carboxylic acids is 1. The Morgan fingerprint density at radius 2 is 2.36 bits per heavy atom. The fraction of sp³-hybridized carbons (Fsp3) is 0.500. The van der Waals surface area contributed by atoms with Crippen LogP contribution in [-0.2, 0) is 16.0 Å². The quantitative estimate of drug-likeness (QED) is 0.625. The van der Waals surface area contributed by atoms with Gasteiger partial charge in [-0.2, -0.15) is 0 Å². The molecule has 1 fully saturated rings. The Hall–Kier alpha value is -1.92. The number of amides is 1. The lowest BCUT2D eigenvalue weighted by Gasteiger charge is -2.23. The van der Waals surface area contributed by atoms with Crippen molar-refractivity contribution < 1.29 is 19.1 Å². The fourth-order valence-corrected chi connectivity index (χ4v) is 2.49. The van der Waals surface area contributed by atoms with E-state index in [0.29, 0.717) is 19.4 Å². The summed E-state index contributed by atoms with van der Waals surface area (Å²) in [5.41, 5.74) is -0.480. The maximum atomic E-state index is 12.4. The Kier molecular flexibility index (Phi) is 3.88. The normalized spacial score (nSPS) is 19.1. The summed E-state index contributed by atoms with van der Waals surface area (Å²) < 4.78 is 11.0. The molecule has 2 N–H and O–H groups in total. The summed E-state index contributed by atoms with van der Waals surface area (Å²) in [6, 6.07) is 3.70. The first-order valence-corrected chi connectivity index (χ1v) is 7.39. The molecule has 1 aliphatic rings. The Labute approximate surface area is 128 Å². The van der Waals surface area contributed by atoms with Crippen molar-refractivity contribution in [3.05, 3.63) is 30.3 Å². The standard InChI is InChI=1S/C16H20N2O4/c1-16(2,20)18-15(19)10(6-13-9-21-13)5-12-7-11-8-17-4-3-14(11)22-12/h3-4,7-8,10,13,20H,5-6,9H2,1-2H3,(H,18,19)/t10-,13+/m1/s1. The summed E-state index contributed by atoms with van der Waals surface area (Å²) in [5, 5.41) is 13.3. The van der Waals surface area contributed by atoms with Crippen molar-refractivity contribution in [2.75, 3.05) is 6.61 Å². The van der Waals surface area contributed by atoms with Gasteiger partial charge in [-0.3, -0.25) is 9.78 Å². The fourth-order valence-electron chi connectivity index (χ4n) is 2.49. The third-order valence-corrected chi connectivity index (χ3v) is 3.56. The monoisotopic (exact) mass is 304 g/mol. The molecule has 2 aromatic rings. The van der Waals surface area contributed by atoms with Crippen molar-refractivity contribution in [3.63, 3.8) is 0 Å². The second-order valence-electron chi connectivity index (χ2n) is 6.27. The number of hydrogen-bond donors (Lipinski definition) is 2. The predicted octanol–water partition coefficient (Wildman–Crippen LogP) is 1.62. The Morgan fingerprint density at radius 1 is 1.59 bits per heavy atom. The van der Waals surface area contributed by atoms with E-state index in [1.807, 2.05) is 6.07 Å². The number of rotatable bonds is 6. The number of fused-ring (bicyclic) bond motifs is 1. The molecule has 0 unspecified atom stereocenters. The van der Waals surface area contributed by atoms with Crippen LogP contribution in [-0.4, -0.2) is 34.4 Å². The van der Waals surface area contributed by atoms with Crippen molar-refractivity contribution in [2.24, 2.45) is 5.92 Å². The minimum atomic E-state index is -1.24. The SMILES string of the molecule is CC(C)(O)NC(=O)[C@H](Cc1cc2cnccc2o1)C[C@H]1CO1. The number of nitrogens with one attached hydrogen (secondary N) is 1. The van der Waals surface area contributed by atoms with Crippen LogP contribution >= 0.6 is 0 Å². The molecule has 6 nitrogen and oxygen atoms in total. The number of nitrogens with zero attached hydrogens (tertiary/aromatic N) is 1. The number of ether oxygens (including phenoxy) is 1.